The standard InChI is InChI=1S/C20H23FN4O4S/c21-16-6-8-17(9-7-16)30(28,29)25-13-3-4-15(14-25)20(27)23-12-10-19(26)24-18-5-1-2-11-22-18/h1-2,5-9,11,15H,3-4,10,12-14H2,(H,23,27)(H,22,24,26)/t15-/m1/s1. The van der Waals surface area contributed by atoms with Gasteiger partial charge in [0.15, 0.2) is 0 Å². The van der Waals surface area contributed by atoms with Crippen molar-refractivity contribution >= 4 is 27.7 Å². The van der Waals surface area contributed by atoms with Gasteiger partial charge in [-0.15, -0.1) is 0 Å². The number of amides is 2. The van der Waals surface area contributed by atoms with Crippen LogP contribution in [0.1, 0.15) is 19.3 Å². The molecule has 1 saturated heterocycles. The summed E-state index contributed by atoms with van der Waals surface area (Å²) in [4.78, 5) is 28.4. The summed E-state index contributed by atoms with van der Waals surface area (Å²) in [5, 5.41) is 5.33. The number of nitrogens with zero attached hydrogens (tertiary/aromatic N) is 2. The van der Waals surface area contributed by atoms with Gasteiger partial charge in [0.05, 0.1) is 10.8 Å². The molecule has 10 heteroatoms. The zero-order chi connectivity index (χ0) is 21.6. The Hall–Kier alpha value is -2.85. The van der Waals surface area contributed by atoms with E-state index in [9.17, 15) is 22.4 Å². The largest absolute Gasteiger partial charge is 0.355 e. The number of hydrogen-bond donors (Lipinski definition) is 2. The molecule has 30 heavy (non-hydrogen) atoms. The molecule has 0 saturated carbocycles. The van der Waals surface area contributed by atoms with Crippen LogP contribution in [0.5, 0.6) is 0 Å². The molecule has 2 amide bonds. The molecule has 0 radical (unpaired) electrons. The van der Waals surface area contributed by atoms with Gasteiger partial charge >= 0.3 is 0 Å². The summed E-state index contributed by atoms with van der Waals surface area (Å²) in [6, 6.07) is 9.77. The molecular formula is C20H23FN4O4S. The van der Waals surface area contributed by atoms with Crippen molar-refractivity contribution in [2.24, 2.45) is 5.92 Å². The first-order valence-corrected chi connectivity index (χ1v) is 11.0. The van der Waals surface area contributed by atoms with E-state index < -0.39 is 21.8 Å². The van der Waals surface area contributed by atoms with Gasteiger partial charge in [-0.2, -0.15) is 4.31 Å². The molecule has 2 heterocycles. The van der Waals surface area contributed by atoms with Crippen LogP contribution in [0.15, 0.2) is 53.6 Å². The summed E-state index contributed by atoms with van der Waals surface area (Å²) in [5.74, 6) is -1.16. The van der Waals surface area contributed by atoms with Gasteiger partial charge < -0.3 is 10.6 Å². The van der Waals surface area contributed by atoms with Gasteiger partial charge in [0.25, 0.3) is 0 Å². The van der Waals surface area contributed by atoms with Gasteiger partial charge in [-0.25, -0.2) is 17.8 Å². The molecule has 2 N–H and O–H groups in total. The van der Waals surface area contributed by atoms with E-state index in [0.717, 1.165) is 12.1 Å². The lowest BCUT2D eigenvalue weighted by Crippen LogP contribution is -2.45. The van der Waals surface area contributed by atoms with Crippen molar-refractivity contribution in [1.82, 2.24) is 14.6 Å². The number of piperidine rings is 1. The molecule has 1 aromatic heterocycles. The predicted octanol–water partition coefficient (Wildman–Crippen LogP) is 1.77. The van der Waals surface area contributed by atoms with Gasteiger partial charge in [-0.1, -0.05) is 6.07 Å². The number of carbonyl (C=O) groups excluding carboxylic acids is 2. The SMILES string of the molecule is O=C(CCNC(=O)[C@@H]1CCCN(S(=O)(=O)c2ccc(F)cc2)C1)Nc1ccccn1. The van der Waals surface area contributed by atoms with E-state index in [0.29, 0.717) is 25.2 Å². The van der Waals surface area contributed by atoms with E-state index in [1.54, 1.807) is 24.4 Å². The Morgan fingerprint density at radius 1 is 1.17 bits per heavy atom. The molecule has 1 atom stereocenters. The summed E-state index contributed by atoms with van der Waals surface area (Å²) in [6.45, 7) is 0.486. The number of pyridine rings is 1. The molecular weight excluding hydrogens is 411 g/mol. The maximum absolute atomic E-state index is 13.1. The molecule has 0 unspecified atom stereocenters. The molecule has 0 bridgehead atoms. The van der Waals surface area contributed by atoms with E-state index in [1.165, 1.54) is 16.4 Å². The fourth-order valence-electron chi connectivity index (χ4n) is 3.22. The van der Waals surface area contributed by atoms with Gasteiger partial charge in [-0.05, 0) is 49.2 Å². The fraction of sp³-hybridized carbons (Fsp3) is 0.350. The highest BCUT2D eigenvalue weighted by Gasteiger charge is 2.33. The van der Waals surface area contributed by atoms with Crippen LogP contribution in [-0.2, 0) is 19.6 Å². The Kier molecular flexibility index (Phi) is 7.11. The van der Waals surface area contributed by atoms with E-state index in [2.05, 4.69) is 15.6 Å². The van der Waals surface area contributed by atoms with Crippen molar-refractivity contribution in [3.8, 4) is 0 Å². The molecule has 0 aliphatic carbocycles. The average molecular weight is 434 g/mol. The molecule has 1 aliphatic rings. The van der Waals surface area contributed by atoms with Crippen LogP contribution in [0.3, 0.4) is 0 Å². The minimum Gasteiger partial charge on any atom is -0.355 e. The third-order valence-corrected chi connectivity index (χ3v) is 6.67. The molecule has 2 aromatic rings. The Balaban J connectivity index is 1.50. The number of sulfonamides is 1. The van der Waals surface area contributed by atoms with Crippen LogP contribution >= 0.6 is 0 Å². The second kappa shape index (κ2) is 9.77. The number of anilines is 1. The van der Waals surface area contributed by atoms with Crippen LogP contribution < -0.4 is 10.6 Å². The minimum atomic E-state index is -3.80. The lowest BCUT2D eigenvalue weighted by molar-refractivity contribution is -0.126. The predicted molar refractivity (Wildman–Crippen MR) is 108 cm³/mol. The highest BCUT2D eigenvalue weighted by atomic mass is 32.2. The van der Waals surface area contributed by atoms with E-state index in [1.807, 2.05) is 0 Å². The average Bonchev–Trinajstić information content (AvgIpc) is 2.75. The fourth-order valence-corrected chi connectivity index (χ4v) is 4.74. The number of benzene rings is 1. The van der Waals surface area contributed by atoms with Crippen molar-refractivity contribution < 1.29 is 22.4 Å². The number of hydrogen-bond acceptors (Lipinski definition) is 5. The molecule has 3 rings (SSSR count). The van der Waals surface area contributed by atoms with Crippen LogP contribution in [0.25, 0.3) is 0 Å². The van der Waals surface area contributed by atoms with Crippen molar-refractivity contribution in [3.05, 3.63) is 54.5 Å². The van der Waals surface area contributed by atoms with Gasteiger partial charge in [0.2, 0.25) is 21.8 Å². The summed E-state index contributed by atoms with van der Waals surface area (Å²) in [5.41, 5.74) is 0. The second-order valence-corrected chi connectivity index (χ2v) is 8.90. The van der Waals surface area contributed by atoms with Gasteiger partial charge in [0.1, 0.15) is 11.6 Å². The zero-order valence-corrected chi connectivity index (χ0v) is 17.1. The maximum atomic E-state index is 13.1. The minimum absolute atomic E-state index is 0.00356. The molecule has 0 spiro atoms. The Bertz CT molecular complexity index is 984. The molecule has 8 nitrogen and oxygen atoms in total. The summed E-state index contributed by atoms with van der Waals surface area (Å²) < 4.78 is 39.9. The smallest absolute Gasteiger partial charge is 0.243 e. The van der Waals surface area contributed by atoms with Crippen LogP contribution in [0, 0.1) is 11.7 Å². The van der Waals surface area contributed by atoms with Crippen molar-refractivity contribution in [2.75, 3.05) is 25.0 Å². The zero-order valence-electron chi connectivity index (χ0n) is 16.3. The number of carbonyl (C=O) groups is 2. The van der Waals surface area contributed by atoms with Crippen LogP contribution in [0.4, 0.5) is 10.2 Å². The first-order valence-electron chi connectivity index (χ1n) is 9.60. The van der Waals surface area contributed by atoms with E-state index in [4.69, 9.17) is 0 Å². The van der Waals surface area contributed by atoms with Gasteiger partial charge in [0, 0.05) is 32.3 Å². The normalized spacial score (nSPS) is 17.3. The molecule has 1 aliphatic heterocycles. The number of aromatic nitrogens is 1. The third kappa shape index (κ3) is 5.61. The first-order chi connectivity index (χ1) is 14.4. The Labute approximate surface area is 174 Å². The lowest BCUT2D eigenvalue weighted by Gasteiger charge is -2.31. The van der Waals surface area contributed by atoms with Gasteiger partial charge in [-0.3, -0.25) is 9.59 Å². The van der Waals surface area contributed by atoms with Crippen LogP contribution in [0.2, 0.25) is 0 Å². The molecule has 1 fully saturated rings. The van der Waals surface area contributed by atoms with E-state index >= 15 is 0 Å². The lowest BCUT2D eigenvalue weighted by atomic mass is 9.99. The van der Waals surface area contributed by atoms with E-state index in [-0.39, 0.29) is 36.2 Å². The highest BCUT2D eigenvalue weighted by Crippen LogP contribution is 2.24. The van der Waals surface area contributed by atoms with Crippen molar-refractivity contribution in [3.63, 3.8) is 0 Å². The molecule has 160 valence electrons. The highest BCUT2D eigenvalue weighted by molar-refractivity contribution is 7.89. The topological polar surface area (TPSA) is 108 Å². The summed E-state index contributed by atoms with van der Waals surface area (Å²) in [6.07, 6.45) is 2.74. The first kappa shape index (κ1) is 21.8. The Morgan fingerprint density at radius 3 is 2.63 bits per heavy atom. The summed E-state index contributed by atoms with van der Waals surface area (Å²) >= 11 is 0. The number of rotatable bonds is 7. The number of halogens is 1. The number of nitrogens with one attached hydrogen (secondary N) is 2. The monoisotopic (exact) mass is 434 g/mol. The van der Waals surface area contributed by atoms with Crippen molar-refractivity contribution in [1.29, 1.82) is 0 Å². The van der Waals surface area contributed by atoms with Crippen LogP contribution in [-0.4, -0.2) is 49.2 Å². The maximum Gasteiger partial charge on any atom is 0.243 e. The third-order valence-electron chi connectivity index (χ3n) is 4.79. The second-order valence-electron chi connectivity index (χ2n) is 6.96. The Morgan fingerprint density at radius 2 is 1.93 bits per heavy atom. The summed E-state index contributed by atoms with van der Waals surface area (Å²) in [7, 11) is -3.80. The van der Waals surface area contributed by atoms with Crippen molar-refractivity contribution in [2.45, 2.75) is 24.2 Å². The molecule has 1 aromatic carbocycles. The quantitative estimate of drug-likeness (QED) is 0.690.